The summed E-state index contributed by atoms with van der Waals surface area (Å²) in [6.45, 7) is 4.75. The number of benzene rings is 2. The second kappa shape index (κ2) is 10.5. The van der Waals surface area contributed by atoms with Crippen LogP contribution < -0.4 is 4.74 Å². The fraction of sp³-hybridized carbons (Fsp3) is 0.269. The Labute approximate surface area is 213 Å². The van der Waals surface area contributed by atoms with Gasteiger partial charge in [0.05, 0.1) is 34.1 Å². The van der Waals surface area contributed by atoms with Gasteiger partial charge in [-0.15, -0.1) is 0 Å². The molecule has 2 heterocycles. The van der Waals surface area contributed by atoms with E-state index in [2.05, 4.69) is 4.98 Å². The van der Waals surface area contributed by atoms with Crippen LogP contribution in [0.5, 0.6) is 5.75 Å². The molecule has 0 bridgehead atoms. The van der Waals surface area contributed by atoms with Gasteiger partial charge in [0, 0.05) is 31.0 Å². The molecule has 1 amide bonds. The van der Waals surface area contributed by atoms with Crippen LogP contribution in [0.15, 0.2) is 66.8 Å². The van der Waals surface area contributed by atoms with Gasteiger partial charge in [0.25, 0.3) is 11.7 Å². The average Bonchev–Trinajstić information content (AvgIpc) is 3.43. The fourth-order valence-electron chi connectivity index (χ4n) is 4.10. The standard InChI is InChI=1S/C26H25Cl2N3O4/c1-16(2)35-19-7-4-17(5-8-19)24(32)22-23(18-6-9-20(27)21(28)14-18)31(26(34)25(22)33)12-3-11-30-13-10-29-15-30/h4-10,13-16,23,32H,3,11-12H2,1-2H3/b24-22-. The van der Waals surface area contributed by atoms with Crippen molar-refractivity contribution in [3.8, 4) is 5.75 Å². The highest BCUT2D eigenvalue weighted by Crippen LogP contribution is 2.41. The van der Waals surface area contributed by atoms with Gasteiger partial charge >= 0.3 is 0 Å². The maximum Gasteiger partial charge on any atom is 0.295 e. The lowest BCUT2D eigenvalue weighted by molar-refractivity contribution is -0.139. The molecule has 0 radical (unpaired) electrons. The van der Waals surface area contributed by atoms with E-state index in [1.54, 1.807) is 55.0 Å². The van der Waals surface area contributed by atoms with Gasteiger partial charge in [-0.1, -0.05) is 29.3 Å². The number of imidazole rings is 1. The highest BCUT2D eigenvalue weighted by atomic mass is 35.5. The molecule has 2 aromatic carbocycles. The summed E-state index contributed by atoms with van der Waals surface area (Å²) in [5.74, 6) is -1.04. The largest absolute Gasteiger partial charge is 0.507 e. The number of hydrogen-bond acceptors (Lipinski definition) is 5. The van der Waals surface area contributed by atoms with Gasteiger partial charge in [-0.3, -0.25) is 9.59 Å². The number of ketones is 1. The summed E-state index contributed by atoms with van der Waals surface area (Å²) in [4.78, 5) is 31.7. The van der Waals surface area contributed by atoms with E-state index in [0.29, 0.717) is 46.4 Å². The van der Waals surface area contributed by atoms with Crippen LogP contribution >= 0.6 is 23.2 Å². The molecule has 1 unspecified atom stereocenters. The number of ether oxygens (including phenoxy) is 1. The predicted molar refractivity (Wildman–Crippen MR) is 135 cm³/mol. The van der Waals surface area contributed by atoms with Gasteiger partial charge in [-0.05, 0) is 62.2 Å². The molecule has 0 spiro atoms. The molecular formula is C26H25Cl2N3O4. The van der Waals surface area contributed by atoms with Crippen molar-refractivity contribution in [1.29, 1.82) is 0 Å². The third-order valence-electron chi connectivity index (χ3n) is 5.67. The Bertz CT molecular complexity index is 1250. The van der Waals surface area contributed by atoms with Crippen molar-refractivity contribution >= 4 is 40.7 Å². The second-order valence-corrected chi connectivity index (χ2v) is 9.33. The smallest absolute Gasteiger partial charge is 0.295 e. The first kappa shape index (κ1) is 24.8. The lowest BCUT2D eigenvalue weighted by Crippen LogP contribution is -2.31. The molecule has 7 nitrogen and oxygen atoms in total. The number of halogens is 2. The van der Waals surface area contributed by atoms with Crippen molar-refractivity contribution in [2.24, 2.45) is 0 Å². The summed E-state index contributed by atoms with van der Waals surface area (Å²) in [6, 6.07) is 10.9. The fourth-order valence-corrected chi connectivity index (χ4v) is 4.41. The van der Waals surface area contributed by atoms with Crippen LogP contribution in [-0.4, -0.2) is 43.9 Å². The molecular weight excluding hydrogens is 489 g/mol. The van der Waals surface area contributed by atoms with Gasteiger partial charge in [-0.25, -0.2) is 4.98 Å². The molecule has 0 aliphatic carbocycles. The van der Waals surface area contributed by atoms with Crippen LogP contribution in [0.3, 0.4) is 0 Å². The van der Waals surface area contributed by atoms with Crippen LogP contribution in [0.1, 0.15) is 37.4 Å². The lowest BCUT2D eigenvalue weighted by atomic mass is 9.95. The number of aryl methyl sites for hydroxylation is 1. The Hall–Kier alpha value is -3.29. The first-order valence-corrected chi connectivity index (χ1v) is 12.0. The number of carbonyl (C=O) groups is 2. The molecule has 1 aliphatic heterocycles. The van der Waals surface area contributed by atoms with E-state index in [9.17, 15) is 14.7 Å². The van der Waals surface area contributed by atoms with Crippen molar-refractivity contribution in [3.05, 3.63) is 87.9 Å². The van der Waals surface area contributed by atoms with E-state index in [4.69, 9.17) is 27.9 Å². The zero-order valence-corrected chi connectivity index (χ0v) is 20.8. The van der Waals surface area contributed by atoms with E-state index in [1.807, 2.05) is 24.6 Å². The summed E-state index contributed by atoms with van der Waals surface area (Å²) in [7, 11) is 0. The van der Waals surface area contributed by atoms with Gasteiger partial charge < -0.3 is 19.3 Å². The Morgan fingerprint density at radius 1 is 1.09 bits per heavy atom. The first-order chi connectivity index (χ1) is 16.8. The number of likely N-dealkylation sites (tertiary alicyclic amines) is 1. The molecule has 4 rings (SSSR count). The predicted octanol–water partition coefficient (Wildman–Crippen LogP) is 5.49. The normalized spacial score (nSPS) is 17.4. The summed E-state index contributed by atoms with van der Waals surface area (Å²) in [5.41, 5.74) is 0.999. The lowest BCUT2D eigenvalue weighted by Gasteiger charge is -2.25. The number of nitrogens with zero attached hydrogens (tertiary/aromatic N) is 3. The third kappa shape index (κ3) is 5.36. The number of hydrogen-bond donors (Lipinski definition) is 1. The molecule has 35 heavy (non-hydrogen) atoms. The third-order valence-corrected chi connectivity index (χ3v) is 6.41. The van der Waals surface area contributed by atoms with Gasteiger partial charge in [-0.2, -0.15) is 0 Å². The van der Waals surface area contributed by atoms with E-state index in [-0.39, 0.29) is 17.4 Å². The van der Waals surface area contributed by atoms with Gasteiger partial charge in [0.15, 0.2) is 0 Å². The molecule has 9 heteroatoms. The zero-order valence-electron chi connectivity index (χ0n) is 19.3. The number of aromatic nitrogens is 2. The minimum atomic E-state index is -0.806. The molecule has 1 fully saturated rings. The van der Waals surface area contributed by atoms with E-state index in [1.165, 1.54) is 4.90 Å². The van der Waals surface area contributed by atoms with Crippen molar-refractivity contribution in [1.82, 2.24) is 14.5 Å². The summed E-state index contributed by atoms with van der Waals surface area (Å²) < 4.78 is 7.55. The van der Waals surface area contributed by atoms with E-state index in [0.717, 1.165) is 0 Å². The molecule has 1 saturated heterocycles. The minimum Gasteiger partial charge on any atom is -0.507 e. The molecule has 3 aromatic rings. The van der Waals surface area contributed by atoms with Crippen LogP contribution in [0.4, 0.5) is 0 Å². The van der Waals surface area contributed by atoms with Crippen molar-refractivity contribution < 1.29 is 19.4 Å². The number of amides is 1. The highest BCUT2D eigenvalue weighted by molar-refractivity contribution is 6.46. The Morgan fingerprint density at radius 2 is 1.83 bits per heavy atom. The van der Waals surface area contributed by atoms with Crippen LogP contribution in [-0.2, 0) is 16.1 Å². The number of Topliss-reactive ketones (excluding diaryl/α,β-unsaturated/α-hetero) is 1. The zero-order chi connectivity index (χ0) is 25.1. The number of carbonyl (C=O) groups excluding carboxylic acids is 2. The molecule has 0 saturated carbocycles. The monoisotopic (exact) mass is 513 g/mol. The van der Waals surface area contributed by atoms with Crippen LogP contribution in [0, 0.1) is 0 Å². The Morgan fingerprint density at radius 3 is 2.46 bits per heavy atom. The molecule has 1 atom stereocenters. The average molecular weight is 514 g/mol. The topological polar surface area (TPSA) is 84.7 Å². The van der Waals surface area contributed by atoms with Gasteiger partial charge in [0.2, 0.25) is 0 Å². The molecule has 1 aliphatic rings. The van der Waals surface area contributed by atoms with Gasteiger partial charge in [0.1, 0.15) is 11.5 Å². The highest BCUT2D eigenvalue weighted by Gasteiger charge is 2.45. The van der Waals surface area contributed by atoms with E-state index < -0.39 is 17.7 Å². The maximum absolute atomic E-state index is 13.2. The Kier molecular flexibility index (Phi) is 7.48. The summed E-state index contributed by atoms with van der Waals surface area (Å²) >= 11 is 12.4. The second-order valence-electron chi connectivity index (χ2n) is 8.51. The van der Waals surface area contributed by atoms with Crippen molar-refractivity contribution in [2.75, 3.05) is 6.54 Å². The minimum absolute atomic E-state index is 0.00301. The van der Waals surface area contributed by atoms with Crippen LogP contribution in [0.2, 0.25) is 10.0 Å². The SMILES string of the molecule is CC(C)Oc1ccc(/C(O)=C2/C(=O)C(=O)N(CCCn3ccnc3)C2c2ccc(Cl)c(Cl)c2)cc1. The quantitative estimate of drug-likeness (QED) is 0.244. The number of rotatable bonds is 8. The summed E-state index contributed by atoms with van der Waals surface area (Å²) in [6.07, 6.45) is 5.79. The molecule has 1 N–H and O–H groups in total. The number of aliphatic hydroxyl groups is 1. The maximum atomic E-state index is 13.2. The first-order valence-electron chi connectivity index (χ1n) is 11.2. The van der Waals surface area contributed by atoms with Crippen LogP contribution in [0.25, 0.3) is 5.76 Å². The number of aliphatic hydroxyl groups excluding tert-OH is 1. The Balaban J connectivity index is 1.72. The van der Waals surface area contributed by atoms with Crippen molar-refractivity contribution in [2.45, 2.75) is 39.0 Å². The molecule has 1 aromatic heterocycles. The molecule has 182 valence electrons. The van der Waals surface area contributed by atoms with Crippen molar-refractivity contribution in [3.63, 3.8) is 0 Å². The van der Waals surface area contributed by atoms with E-state index >= 15 is 0 Å². The summed E-state index contributed by atoms with van der Waals surface area (Å²) in [5, 5.41) is 11.8.